The summed E-state index contributed by atoms with van der Waals surface area (Å²) in [5.41, 5.74) is 3.52. The summed E-state index contributed by atoms with van der Waals surface area (Å²) in [5, 5.41) is 13.6. The molecule has 0 aliphatic carbocycles. The van der Waals surface area contributed by atoms with Crippen molar-refractivity contribution in [3.8, 4) is 11.5 Å². The Kier molecular flexibility index (Phi) is 8.30. The van der Waals surface area contributed by atoms with Crippen LogP contribution in [-0.2, 0) is 16.1 Å². The topological polar surface area (TPSA) is 128 Å². The molecule has 1 N–H and O–H groups in total. The number of rotatable bonds is 9. The van der Waals surface area contributed by atoms with Gasteiger partial charge in [-0.05, 0) is 72.6 Å². The van der Waals surface area contributed by atoms with Crippen LogP contribution >= 0.6 is 11.8 Å². The molecule has 10 nitrogen and oxygen atoms in total. The van der Waals surface area contributed by atoms with E-state index in [2.05, 4.69) is 5.32 Å². The molecule has 200 valence electrons. The van der Waals surface area contributed by atoms with Gasteiger partial charge >= 0.3 is 0 Å². The van der Waals surface area contributed by atoms with Crippen LogP contribution < -0.4 is 14.8 Å². The minimum absolute atomic E-state index is 0.163. The van der Waals surface area contributed by atoms with E-state index in [1.807, 2.05) is 32.0 Å². The van der Waals surface area contributed by atoms with Crippen LogP contribution in [0.4, 0.5) is 16.2 Å². The molecule has 1 aliphatic rings. The summed E-state index contributed by atoms with van der Waals surface area (Å²) in [6.45, 7) is 3.50. The van der Waals surface area contributed by atoms with Crippen LogP contribution in [0.25, 0.3) is 6.08 Å². The number of hydrogen-bond acceptors (Lipinski definition) is 8. The molecule has 0 saturated carbocycles. The SMILES string of the molecule is COc1cc(/C=C2\SC(=O)N(Cc3ccccc3[N+](=O)[O-])C2=O)ccc1OCC(=O)Nc1ccc(C)c(C)c1. The number of nitrogens with one attached hydrogen (secondary N) is 1. The maximum atomic E-state index is 12.9. The molecule has 3 aromatic rings. The predicted molar refractivity (Wildman–Crippen MR) is 148 cm³/mol. The fraction of sp³-hybridized carbons (Fsp3) is 0.179. The monoisotopic (exact) mass is 547 g/mol. The minimum Gasteiger partial charge on any atom is -0.493 e. The lowest BCUT2D eigenvalue weighted by molar-refractivity contribution is -0.385. The van der Waals surface area contributed by atoms with Crippen molar-refractivity contribution in [1.29, 1.82) is 0 Å². The van der Waals surface area contributed by atoms with Crippen molar-refractivity contribution in [1.82, 2.24) is 4.90 Å². The molecule has 0 radical (unpaired) electrons. The molecular formula is C28H25N3O7S. The molecule has 3 aromatic carbocycles. The zero-order valence-corrected chi connectivity index (χ0v) is 22.2. The predicted octanol–water partition coefficient (Wildman–Crippen LogP) is 5.47. The van der Waals surface area contributed by atoms with Gasteiger partial charge in [-0.3, -0.25) is 29.4 Å². The van der Waals surface area contributed by atoms with Gasteiger partial charge in [0.15, 0.2) is 18.1 Å². The van der Waals surface area contributed by atoms with Crippen molar-refractivity contribution in [3.05, 3.63) is 97.9 Å². The van der Waals surface area contributed by atoms with Crippen LogP contribution in [0.1, 0.15) is 22.3 Å². The van der Waals surface area contributed by atoms with E-state index in [9.17, 15) is 24.5 Å². The smallest absolute Gasteiger partial charge is 0.293 e. The Morgan fingerprint density at radius 1 is 1.05 bits per heavy atom. The molecule has 3 amide bonds. The Bertz CT molecular complexity index is 1500. The number of carbonyl (C=O) groups is 3. The third-order valence-electron chi connectivity index (χ3n) is 6.03. The highest BCUT2D eigenvalue weighted by Crippen LogP contribution is 2.36. The molecule has 0 bridgehead atoms. The lowest BCUT2D eigenvalue weighted by atomic mass is 10.1. The number of hydrogen-bond donors (Lipinski definition) is 1. The number of amides is 3. The average molecular weight is 548 g/mol. The second kappa shape index (κ2) is 11.8. The number of imide groups is 1. The number of benzene rings is 3. The van der Waals surface area contributed by atoms with Gasteiger partial charge in [0.25, 0.3) is 22.7 Å². The first-order chi connectivity index (χ1) is 18.7. The van der Waals surface area contributed by atoms with Gasteiger partial charge in [0.2, 0.25) is 0 Å². The summed E-state index contributed by atoms with van der Waals surface area (Å²) in [6.07, 6.45) is 1.53. The number of ether oxygens (including phenoxy) is 2. The Labute approximate surface area is 228 Å². The van der Waals surface area contributed by atoms with Crippen molar-refractivity contribution < 1.29 is 28.8 Å². The van der Waals surface area contributed by atoms with E-state index in [1.165, 1.54) is 31.4 Å². The number of nitrogens with zero attached hydrogens (tertiary/aromatic N) is 2. The molecule has 1 fully saturated rings. The maximum Gasteiger partial charge on any atom is 0.293 e. The summed E-state index contributed by atoms with van der Waals surface area (Å²) in [6, 6.07) is 16.5. The second-order valence-electron chi connectivity index (χ2n) is 8.70. The van der Waals surface area contributed by atoms with Gasteiger partial charge in [-0.25, -0.2) is 0 Å². The second-order valence-corrected chi connectivity index (χ2v) is 9.69. The highest BCUT2D eigenvalue weighted by molar-refractivity contribution is 8.18. The number of anilines is 1. The molecule has 0 aromatic heterocycles. The van der Waals surface area contributed by atoms with Gasteiger partial charge in [0.1, 0.15) is 0 Å². The maximum absolute atomic E-state index is 12.9. The molecule has 0 atom stereocenters. The Morgan fingerprint density at radius 2 is 1.82 bits per heavy atom. The molecule has 1 aliphatic heterocycles. The normalized spacial score (nSPS) is 14.0. The number of para-hydroxylation sites is 1. The number of methoxy groups -OCH3 is 1. The Hall–Kier alpha value is -4.64. The van der Waals surface area contributed by atoms with E-state index in [0.29, 0.717) is 22.7 Å². The number of aryl methyl sites for hydroxylation is 2. The zero-order valence-electron chi connectivity index (χ0n) is 21.4. The van der Waals surface area contributed by atoms with E-state index < -0.39 is 16.1 Å². The van der Waals surface area contributed by atoms with Crippen molar-refractivity contribution in [2.75, 3.05) is 19.0 Å². The summed E-state index contributed by atoms with van der Waals surface area (Å²) < 4.78 is 11.0. The van der Waals surface area contributed by atoms with Crippen molar-refractivity contribution in [2.24, 2.45) is 0 Å². The first-order valence-corrected chi connectivity index (χ1v) is 12.6. The largest absolute Gasteiger partial charge is 0.493 e. The van der Waals surface area contributed by atoms with Crippen LogP contribution in [0.5, 0.6) is 11.5 Å². The van der Waals surface area contributed by atoms with E-state index in [0.717, 1.165) is 27.8 Å². The van der Waals surface area contributed by atoms with Crippen LogP contribution in [-0.4, -0.2) is 40.6 Å². The van der Waals surface area contributed by atoms with Crippen molar-refractivity contribution >= 4 is 46.3 Å². The number of carbonyl (C=O) groups excluding carboxylic acids is 3. The Morgan fingerprint density at radius 3 is 2.54 bits per heavy atom. The van der Waals surface area contributed by atoms with E-state index in [4.69, 9.17) is 9.47 Å². The lowest BCUT2D eigenvalue weighted by Gasteiger charge is -2.13. The number of nitro groups is 1. The molecular weight excluding hydrogens is 522 g/mol. The molecule has 0 spiro atoms. The van der Waals surface area contributed by atoms with Gasteiger partial charge in [0.05, 0.1) is 23.5 Å². The third-order valence-corrected chi connectivity index (χ3v) is 6.93. The lowest BCUT2D eigenvalue weighted by Crippen LogP contribution is -2.27. The van der Waals surface area contributed by atoms with Crippen molar-refractivity contribution in [2.45, 2.75) is 20.4 Å². The molecule has 4 rings (SSSR count). The quantitative estimate of drug-likeness (QED) is 0.212. The fourth-order valence-electron chi connectivity index (χ4n) is 3.83. The summed E-state index contributed by atoms with van der Waals surface area (Å²) in [4.78, 5) is 49.7. The average Bonchev–Trinajstić information content (AvgIpc) is 3.17. The highest BCUT2D eigenvalue weighted by atomic mass is 32.2. The first kappa shape index (κ1) is 27.4. The zero-order chi connectivity index (χ0) is 28.1. The van der Waals surface area contributed by atoms with Gasteiger partial charge in [-0.2, -0.15) is 0 Å². The van der Waals surface area contributed by atoms with E-state index in [-0.39, 0.29) is 35.2 Å². The Balaban J connectivity index is 1.43. The molecule has 1 saturated heterocycles. The number of nitro benzene ring substituents is 1. The van der Waals surface area contributed by atoms with Gasteiger partial charge < -0.3 is 14.8 Å². The molecule has 39 heavy (non-hydrogen) atoms. The van der Waals surface area contributed by atoms with E-state index in [1.54, 1.807) is 24.3 Å². The standard InChI is InChI=1S/C28H25N3O7S/c1-17-8-10-21(12-18(17)2)29-26(32)16-38-23-11-9-19(13-24(23)37-3)14-25-27(33)30(28(34)39-25)15-20-6-4-5-7-22(20)31(35)36/h4-14H,15-16H2,1-3H3,(H,29,32)/b25-14-. The molecule has 0 unspecified atom stereocenters. The number of thioether (sulfide) groups is 1. The summed E-state index contributed by atoms with van der Waals surface area (Å²) in [7, 11) is 1.45. The van der Waals surface area contributed by atoms with Crippen molar-refractivity contribution in [3.63, 3.8) is 0 Å². The van der Waals surface area contributed by atoms with Gasteiger partial charge in [-0.1, -0.05) is 30.3 Å². The third kappa shape index (κ3) is 6.44. The van der Waals surface area contributed by atoms with Crippen LogP contribution in [0, 0.1) is 24.0 Å². The first-order valence-electron chi connectivity index (χ1n) is 11.8. The molecule has 11 heteroatoms. The van der Waals surface area contributed by atoms with Gasteiger partial charge in [0, 0.05) is 17.3 Å². The highest BCUT2D eigenvalue weighted by Gasteiger charge is 2.36. The van der Waals surface area contributed by atoms with Crippen LogP contribution in [0.3, 0.4) is 0 Å². The van der Waals surface area contributed by atoms with Gasteiger partial charge in [-0.15, -0.1) is 0 Å². The van der Waals surface area contributed by atoms with Crippen LogP contribution in [0.2, 0.25) is 0 Å². The fourth-order valence-corrected chi connectivity index (χ4v) is 4.67. The van der Waals surface area contributed by atoms with Crippen LogP contribution in [0.15, 0.2) is 65.6 Å². The minimum atomic E-state index is -0.551. The van der Waals surface area contributed by atoms with E-state index >= 15 is 0 Å². The summed E-state index contributed by atoms with van der Waals surface area (Å²) >= 11 is 0.748. The summed E-state index contributed by atoms with van der Waals surface area (Å²) in [5.74, 6) is -0.224. The molecule has 1 heterocycles.